The molecule has 31 heavy (non-hydrogen) atoms. The maximum atomic E-state index is 6.52. The van der Waals surface area contributed by atoms with Gasteiger partial charge in [-0.2, -0.15) is 0 Å². The van der Waals surface area contributed by atoms with Crippen LogP contribution in [0, 0.1) is 0 Å². The number of hydrogen-bond donors (Lipinski definition) is 0. The van der Waals surface area contributed by atoms with Gasteiger partial charge in [-0.25, -0.2) is 0 Å². The normalized spacial score (nSPS) is 14.4. The molecule has 1 aliphatic carbocycles. The monoisotopic (exact) mass is 402 g/mol. The van der Waals surface area contributed by atoms with Crippen molar-refractivity contribution in [2.45, 2.75) is 19.3 Å². The van der Waals surface area contributed by atoms with Crippen molar-refractivity contribution in [2.24, 2.45) is 0 Å². The van der Waals surface area contributed by atoms with E-state index in [9.17, 15) is 0 Å². The molecule has 1 aliphatic heterocycles. The minimum Gasteiger partial charge on any atom is -0.449 e. The van der Waals surface area contributed by atoms with Gasteiger partial charge in [0.25, 0.3) is 0 Å². The van der Waals surface area contributed by atoms with Gasteiger partial charge in [0.2, 0.25) is 0 Å². The summed E-state index contributed by atoms with van der Waals surface area (Å²) < 4.78 is 12.9. The van der Waals surface area contributed by atoms with Crippen molar-refractivity contribution < 1.29 is 9.47 Å². The molecule has 2 aliphatic rings. The maximum absolute atomic E-state index is 6.52. The summed E-state index contributed by atoms with van der Waals surface area (Å²) in [6, 6.07) is 27.2. The van der Waals surface area contributed by atoms with Gasteiger partial charge in [0.1, 0.15) is 0 Å². The van der Waals surface area contributed by atoms with Gasteiger partial charge in [-0.15, -0.1) is 0 Å². The molecule has 6 rings (SSSR count). The number of hydrogen-bond acceptors (Lipinski definition) is 2. The zero-order chi connectivity index (χ0) is 21.2. The summed E-state index contributed by atoms with van der Waals surface area (Å²) >= 11 is 0. The molecule has 150 valence electrons. The molecule has 0 bridgehead atoms. The van der Waals surface area contributed by atoms with E-state index < -0.39 is 0 Å². The predicted octanol–water partition coefficient (Wildman–Crippen LogP) is 8.20. The minimum atomic E-state index is -0.0838. The molecule has 0 saturated heterocycles. The lowest BCUT2D eigenvalue weighted by Gasteiger charge is -2.26. The molecule has 4 aromatic rings. The summed E-state index contributed by atoms with van der Waals surface area (Å²) in [5.41, 5.74) is 8.16. The minimum absolute atomic E-state index is 0.0838. The second-order valence-electron chi connectivity index (χ2n) is 8.64. The molecule has 0 saturated carbocycles. The molecule has 0 radical (unpaired) electrons. The first-order valence-corrected chi connectivity index (χ1v) is 10.6. The van der Waals surface area contributed by atoms with Crippen LogP contribution in [0.1, 0.15) is 30.5 Å². The van der Waals surface area contributed by atoms with Crippen LogP contribution >= 0.6 is 0 Å². The smallest absolute Gasteiger partial charge is 0.177 e. The molecule has 0 N–H and O–H groups in total. The fraction of sp³-hybridized carbons (Fsp3) is 0.103. The highest BCUT2D eigenvalue weighted by atomic mass is 16.6. The molecule has 0 amide bonds. The zero-order valence-electron chi connectivity index (χ0n) is 17.6. The third-order valence-electron chi connectivity index (χ3n) is 6.53. The second-order valence-corrected chi connectivity index (χ2v) is 8.64. The number of rotatable bonds is 2. The van der Waals surface area contributed by atoms with Gasteiger partial charge < -0.3 is 9.47 Å². The summed E-state index contributed by atoms with van der Waals surface area (Å²) in [6.07, 6.45) is 1.87. The van der Waals surface area contributed by atoms with Crippen LogP contribution in [0.3, 0.4) is 0 Å². The fourth-order valence-corrected chi connectivity index (χ4v) is 4.93. The van der Waals surface area contributed by atoms with Crippen molar-refractivity contribution in [2.75, 3.05) is 0 Å². The summed E-state index contributed by atoms with van der Waals surface area (Å²) in [7, 11) is 0. The Morgan fingerprint density at radius 3 is 2.19 bits per heavy atom. The van der Waals surface area contributed by atoms with Crippen LogP contribution < -0.4 is 9.47 Å². The largest absolute Gasteiger partial charge is 0.449 e. The molecule has 0 spiro atoms. The Hall–Kier alpha value is -3.78. The van der Waals surface area contributed by atoms with E-state index in [1.165, 1.54) is 22.3 Å². The average Bonchev–Trinajstić information content (AvgIpc) is 3.02. The second kappa shape index (κ2) is 6.36. The third kappa shape index (κ3) is 2.51. The van der Waals surface area contributed by atoms with Crippen molar-refractivity contribution in [3.8, 4) is 45.3 Å². The van der Waals surface area contributed by atoms with Crippen LogP contribution in [-0.2, 0) is 5.41 Å². The molecule has 4 aromatic carbocycles. The predicted molar refractivity (Wildman–Crippen MR) is 126 cm³/mol. The van der Waals surface area contributed by atoms with Crippen molar-refractivity contribution in [1.29, 1.82) is 0 Å². The van der Waals surface area contributed by atoms with Gasteiger partial charge >= 0.3 is 0 Å². The van der Waals surface area contributed by atoms with Gasteiger partial charge in [-0.05, 0) is 51.6 Å². The Bertz CT molecular complexity index is 1380. The number of fused-ring (bicyclic) bond motifs is 5. The first-order chi connectivity index (χ1) is 15.1. The van der Waals surface area contributed by atoms with Crippen LogP contribution in [0.25, 0.3) is 28.3 Å². The quantitative estimate of drug-likeness (QED) is 0.296. The standard InChI is InChI=1S/C29H22O2/c1-4-18-10-5-6-11-19(18)21-13-9-15-25-28(21)31-27-17-24-22(16-26(27)30-25)20-12-7-8-14-23(20)29(24,2)3/h4-17H,1H2,2-3H3. The van der Waals surface area contributed by atoms with Crippen LogP contribution in [0.15, 0.2) is 85.4 Å². The summed E-state index contributed by atoms with van der Waals surface area (Å²) in [6.45, 7) is 8.51. The lowest BCUT2D eigenvalue weighted by Crippen LogP contribution is -2.15. The highest BCUT2D eigenvalue weighted by molar-refractivity contribution is 5.85. The first-order valence-electron chi connectivity index (χ1n) is 10.6. The molecule has 2 nitrogen and oxygen atoms in total. The number of para-hydroxylation sites is 1. The molecular formula is C29H22O2. The SMILES string of the molecule is C=Cc1ccccc1-c1cccc2c1Oc1cc3c(cc1O2)-c1ccccc1C3(C)C. The highest BCUT2D eigenvalue weighted by Crippen LogP contribution is 2.56. The first kappa shape index (κ1) is 18.0. The Balaban J connectivity index is 1.51. The molecule has 0 aromatic heterocycles. The lowest BCUT2D eigenvalue weighted by molar-refractivity contribution is 0.360. The molecule has 2 heteroatoms. The van der Waals surface area contributed by atoms with Crippen LogP contribution in [-0.4, -0.2) is 0 Å². The van der Waals surface area contributed by atoms with Crippen LogP contribution in [0.5, 0.6) is 23.0 Å². The highest BCUT2D eigenvalue weighted by Gasteiger charge is 2.37. The Kier molecular flexibility index (Phi) is 3.70. The van der Waals surface area contributed by atoms with Crippen molar-refractivity contribution in [3.05, 3.63) is 102 Å². The topological polar surface area (TPSA) is 18.5 Å². The lowest BCUT2D eigenvalue weighted by atomic mass is 9.82. The van der Waals surface area contributed by atoms with Crippen molar-refractivity contribution >= 4 is 6.08 Å². The van der Waals surface area contributed by atoms with Crippen LogP contribution in [0.2, 0.25) is 0 Å². The van der Waals surface area contributed by atoms with Gasteiger partial charge in [0.15, 0.2) is 23.0 Å². The van der Waals surface area contributed by atoms with E-state index in [1.54, 1.807) is 0 Å². The van der Waals surface area contributed by atoms with Crippen molar-refractivity contribution in [1.82, 2.24) is 0 Å². The summed E-state index contributed by atoms with van der Waals surface area (Å²) in [4.78, 5) is 0. The summed E-state index contributed by atoms with van der Waals surface area (Å²) in [5.74, 6) is 3.00. The van der Waals surface area contributed by atoms with E-state index in [1.807, 2.05) is 30.3 Å². The fourth-order valence-electron chi connectivity index (χ4n) is 4.93. The number of ether oxygens (including phenoxy) is 2. The Morgan fingerprint density at radius 1 is 0.645 bits per heavy atom. The van der Waals surface area contributed by atoms with E-state index in [-0.39, 0.29) is 5.41 Å². The Labute approximate surface area is 182 Å². The molecule has 0 atom stereocenters. The van der Waals surface area contributed by atoms with Crippen molar-refractivity contribution in [3.63, 3.8) is 0 Å². The van der Waals surface area contributed by atoms with E-state index in [0.29, 0.717) is 0 Å². The van der Waals surface area contributed by atoms with Gasteiger partial charge in [-0.1, -0.05) is 87.2 Å². The molecule has 1 heterocycles. The van der Waals surface area contributed by atoms with E-state index >= 15 is 0 Å². The molecule has 0 fully saturated rings. The zero-order valence-corrected chi connectivity index (χ0v) is 17.6. The van der Waals surface area contributed by atoms with E-state index in [4.69, 9.17) is 9.47 Å². The Morgan fingerprint density at radius 2 is 1.35 bits per heavy atom. The summed E-state index contributed by atoms with van der Waals surface area (Å²) in [5, 5.41) is 0. The van der Waals surface area contributed by atoms with Crippen LogP contribution in [0.4, 0.5) is 0 Å². The van der Waals surface area contributed by atoms with Gasteiger partial charge in [0, 0.05) is 11.0 Å². The van der Waals surface area contributed by atoms with E-state index in [0.717, 1.165) is 39.7 Å². The average molecular weight is 402 g/mol. The molecular weight excluding hydrogens is 380 g/mol. The van der Waals surface area contributed by atoms with E-state index in [2.05, 4.69) is 75.0 Å². The molecule has 0 unspecified atom stereocenters. The number of benzene rings is 4. The maximum Gasteiger partial charge on any atom is 0.177 e. The third-order valence-corrected chi connectivity index (χ3v) is 6.53. The van der Waals surface area contributed by atoms with Gasteiger partial charge in [0.05, 0.1) is 0 Å². The van der Waals surface area contributed by atoms with Gasteiger partial charge in [-0.3, -0.25) is 0 Å².